The Kier molecular flexibility index (Phi) is 2.69. The number of pyridine rings is 1. The molecule has 0 saturated heterocycles. The average Bonchev–Trinajstić information content (AvgIpc) is 2.08. The maximum Gasteiger partial charge on any atom is 0.372 e. The van der Waals surface area contributed by atoms with Crippen LogP contribution >= 0.6 is 0 Å². The minimum Gasteiger partial charge on any atom is -0.475 e. The standard InChI is InChI=1S/C8H6FNO3/c9-6-4-10-2-1-5(6)3-7(11)8(12)13/h1-2,4H,3H2,(H,12,13). The summed E-state index contributed by atoms with van der Waals surface area (Å²) in [7, 11) is 0. The highest BCUT2D eigenvalue weighted by molar-refractivity contribution is 6.33. The molecule has 0 aliphatic rings. The first-order valence-electron chi connectivity index (χ1n) is 3.46. The van der Waals surface area contributed by atoms with E-state index < -0.39 is 24.0 Å². The number of nitrogens with zero attached hydrogens (tertiary/aromatic N) is 1. The molecule has 13 heavy (non-hydrogen) atoms. The van der Waals surface area contributed by atoms with Crippen molar-refractivity contribution in [2.45, 2.75) is 6.42 Å². The van der Waals surface area contributed by atoms with Crippen molar-refractivity contribution in [3.63, 3.8) is 0 Å². The van der Waals surface area contributed by atoms with E-state index >= 15 is 0 Å². The lowest BCUT2D eigenvalue weighted by Crippen LogP contribution is -2.15. The van der Waals surface area contributed by atoms with E-state index in [1.807, 2.05) is 0 Å². The molecule has 0 aliphatic carbocycles. The molecular weight excluding hydrogens is 177 g/mol. The molecule has 0 aromatic carbocycles. The van der Waals surface area contributed by atoms with Gasteiger partial charge in [-0.3, -0.25) is 9.78 Å². The predicted octanol–water partition coefficient (Wildman–Crippen LogP) is 0.417. The molecule has 0 unspecified atom stereocenters. The molecule has 0 saturated carbocycles. The van der Waals surface area contributed by atoms with Crippen molar-refractivity contribution in [1.82, 2.24) is 4.98 Å². The van der Waals surface area contributed by atoms with Gasteiger partial charge in [-0.15, -0.1) is 0 Å². The molecule has 0 aliphatic heterocycles. The average molecular weight is 183 g/mol. The number of carboxylic acid groups (broad SMARTS) is 1. The Morgan fingerprint density at radius 3 is 2.77 bits per heavy atom. The Hall–Kier alpha value is -1.78. The molecule has 5 heteroatoms. The minimum atomic E-state index is -1.56. The van der Waals surface area contributed by atoms with Crippen LogP contribution in [-0.2, 0) is 16.0 Å². The van der Waals surface area contributed by atoms with E-state index in [-0.39, 0.29) is 5.56 Å². The van der Waals surface area contributed by atoms with Crippen molar-refractivity contribution in [3.8, 4) is 0 Å². The second-order valence-corrected chi connectivity index (χ2v) is 2.37. The highest BCUT2D eigenvalue weighted by Crippen LogP contribution is 2.05. The summed E-state index contributed by atoms with van der Waals surface area (Å²) in [6, 6.07) is 1.27. The molecule has 4 nitrogen and oxygen atoms in total. The number of rotatable bonds is 3. The predicted molar refractivity (Wildman–Crippen MR) is 40.5 cm³/mol. The fourth-order valence-corrected chi connectivity index (χ4v) is 0.796. The van der Waals surface area contributed by atoms with Crippen LogP contribution in [0.15, 0.2) is 18.5 Å². The van der Waals surface area contributed by atoms with E-state index in [0.717, 1.165) is 6.20 Å². The van der Waals surface area contributed by atoms with Gasteiger partial charge in [-0.2, -0.15) is 0 Å². The van der Waals surface area contributed by atoms with Gasteiger partial charge in [0.05, 0.1) is 6.20 Å². The van der Waals surface area contributed by atoms with Gasteiger partial charge in [0.25, 0.3) is 0 Å². The largest absolute Gasteiger partial charge is 0.475 e. The second kappa shape index (κ2) is 3.75. The van der Waals surface area contributed by atoms with Crippen LogP contribution < -0.4 is 0 Å². The van der Waals surface area contributed by atoms with Crippen molar-refractivity contribution < 1.29 is 19.1 Å². The number of halogens is 1. The molecule has 68 valence electrons. The second-order valence-electron chi connectivity index (χ2n) is 2.37. The number of Topliss-reactive ketones (excluding diaryl/α,β-unsaturated/α-hetero) is 1. The summed E-state index contributed by atoms with van der Waals surface area (Å²) >= 11 is 0. The Morgan fingerprint density at radius 2 is 2.23 bits per heavy atom. The molecule has 0 spiro atoms. The van der Waals surface area contributed by atoms with Crippen molar-refractivity contribution in [2.75, 3.05) is 0 Å². The van der Waals surface area contributed by atoms with Gasteiger partial charge < -0.3 is 5.11 Å². The van der Waals surface area contributed by atoms with Crippen LogP contribution in [0.2, 0.25) is 0 Å². The lowest BCUT2D eigenvalue weighted by atomic mass is 10.1. The fraction of sp³-hybridized carbons (Fsp3) is 0.125. The quantitative estimate of drug-likeness (QED) is 0.689. The van der Waals surface area contributed by atoms with E-state index in [4.69, 9.17) is 5.11 Å². The Balaban J connectivity index is 2.81. The van der Waals surface area contributed by atoms with E-state index in [2.05, 4.69) is 4.98 Å². The van der Waals surface area contributed by atoms with E-state index in [1.54, 1.807) is 0 Å². The van der Waals surface area contributed by atoms with Gasteiger partial charge in [0.1, 0.15) is 5.82 Å². The summed E-state index contributed by atoms with van der Waals surface area (Å²) in [5.41, 5.74) is 0.0439. The van der Waals surface area contributed by atoms with E-state index in [1.165, 1.54) is 12.3 Å². The summed E-state index contributed by atoms with van der Waals surface area (Å²) in [6.45, 7) is 0. The lowest BCUT2D eigenvalue weighted by Gasteiger charge is -1.97. The van der Waals surface area contributed by atoms with Crippen molar-refractivity contribution >= 4 is 11.8 Å². The topological polar surface area (TPSA) is 67.3 Å². The summed E-state index contributed by atoms with van der Waals surface area (Å²) in [5.74, 6) is -3.27. The lowest BCUT2D eigenvalue weighted by molar-refractivity contribution is -0.148. The first-order chi connectivity index (χ1) is 6.11. The van der Waals surface area contributed by atoms with E-state index in [9.17, 15) is 14.0 Å². The first-order valence-corrected chi connectivity index (χ1v) is 3.46. The number of aromatic nitrogens is 1. The van der Waals surface area contributed by atoms with Gasteiger partial charge in [0, 0.05) is 12.6 Å². The summed E-state index contributed by atoms with van der Waals surface area (Å²) in [5, 5.41) is 8.25. The van der Waals surface area contributed by atoms with E-state index in [0.29, 0.717) is 0 Å². The smallest absolute Gasteiger partial charge is 0.372 e. The molecule has 1 aromatic heterocycles. The number of carbonyl (C=O) groups is 2. The highest BCUT2D eigenvalue weighted by Gasteiger charge is 2.14. The zero-order chi connectivity index (χ0) is 9.84. The van der Waals surface area contributed by atoms with Gasteiger partial charge in [0.2, 0.25) is 5.78 Å². The maximum atomic E-state index is 12.8. The first kappa shape index (κ1) is 9.31. The Labute approximate surface area is 73.0 Å². The Morgan fingerprint density at radius 1 is 1.54 bits per heavy atom. The molecule has 1 aromatic rings. The molecule has 0 fully saturated rings. The summed E-state index contributed by atoms with van der Waals surface area (Å²) in [4.78, 5) is 24.3. The highest BCUT2D eigenvalue weighted by atomic mass is 19.1. The maximum absolute atomic E-state index is 12.8. The van der Waals surface area contributed by atoms with Crippen LogP contribution in [0.3, 0.4) is 0 Å². The van der Waals surface area contributed by atoms with Crippen molar-refractivity contribution in [3.05, 3.63) is 29.8 Å². The van der Waals surface area contributed by atoms with Crippen LogP contribution in [-0.4, -0.2) is 21.8 Å². The number of hydrogen-bond donors (Lipinski definition) is 1. The van der Waals surface area contributed by atoms with Gasteiger partial charge in [0.15, 0.2) is 0 Å². The molecule has 1 heterocycles. The van der Waals surface area contributed by atoms with Crippen molar-refractivity contribution in [2.24, 2.45) is 0 Å². The molecule has 1 N–H and O–H groups in total. The zero-order valence-corrected chi connectivity index (χ0v) is 6.53. The number of carbonyl (C=O) groups excluding carboxylic acids is 1. The fourth-order valence-electron chi connectivity index (χ4n) is 0.796. The van der Waals surface area contributed by atoms with Crippen LogP contribution in [0, 0.1) is 5.82 Å². The van der Waals surface area contributed by atoms with Crippen LogP contribution in [0.5, 0.6) is 0 Å². The third-order valence-corrected chi connectivity index (χ3v) is 1.45. The number of aliphatic carboxylic acids is 1. The minimum absolute atomic E-state index is 0.0439. The van der Waals surface area contributed by atoms with Gasteiger partial charge >= 0.3 is 5.97 Å². The normalized spacial score (nSPS) is 9.62. The Bertz CT molecular complexity index is 351. The summed E-state index contributed by atoms with van der Waals surface area (Å²) < 4.78 is 12.8. The molecule has 0 bridgehead atoms. The molecule has 1 rings (SSSR count). The molecule has 0 atom stereocenters. The van der Waals surface area contributed by atoms with Gasteiger partial charge in [-0.1, -0.05) is 0 Å². The van der Waals surface area contributed by atoms with Crippen LogP contribution in [0.1, 0.15) is 5.56 Å². The number of carboxylic acids is 1. The monoisotopic (exact) mass is 183 g/mol. The number of hydrogen-bond acceptors (Lipinski definition) is 3. The third-order valence-electron chi connectivity index (χ3n) is 1.45. The zero-order valence-electron chi connectivity index (χ0n) is 6.53. The van der Waals surface area contributed by atoms with Gasteiger partial charge in [-0.05, 0) is 11.6 Å². The third kappa shape index (κ3) is 2.33. The van der Waals surface area contributed by atoms with Crippen LogP contribution in [0.25, 0.3) is 0 Å². The van der Waals surface area contributed by atoms with Gasteiger partial charge in [-0.25, -0.2) is 9.18 Å². The van der Waals surface area contributed by atoms with Crippen LogP contribution in [0.4, 0.5) is 4.39 Å². The number of ketones is 1. The summed E-state index contributed by atoms with van der Waals surface area (Å²) in [6.07, 6.45) is 1.79. The molecular formula is C8H6FNO3. The molecule has 0 radical (unpaired) electrons. The molecule has 0 amide bonds. The van der Waals surface area contributed by atoms with Crippen molar-refractivity contribution in [1.29, 1.82) is 0 Å². The SMILES string of the molecule is O=C(O)C(=O)Cc1ccncc1F.